The van der Waals surface area contributed by atoms with Crippen molar-refractivity contribution in [3.63, 3.8) is 0 Å². The summed E-state index contributed by atoms with van der Waals surface area (Å²) in [4.78, 5) is 12.9. The van der Waals surface area contributed by atoms with Crippen LogP contribution < -0.4 is 4.74 Å². The van der Waals surface area contributed by atoms with Crippen LogP contribution in [0.1, 0.15) is 48.0 Å². The average Bonchev–Trinajstić information content (AvgIpc) is 3.11. The zero-order chi connectivity index (χ0) is 26.0. The van der Waals surface area contributed by atoms with E-state index in [1.54, 1.807) is 23.6 Å². The molecule has 0 spiro atoms. The number of aromatic nitrogens is 1. The lowest BCUT2D eigenvalue weighted by atomic mass is 10.0. The second kappa shape index (κ2) is 10.3. The van der Waals surface area contributed by atoms with Gasteiger partial charge < -0.3 is 14.0 Å². The minimum atomic E-state index is -4.41. The summed E-state index contributed by atoms with van der Waals surface area (Å²) in [5.41, 5.74) is 2.13. The molecule has 0 fully saturated rings. The van der Waals surface area contributed by atoms with Gasteiger partial charge in [0.25, 0.3) is 0 Å². The number of ether oxygens (including phenoxy) is 2. The summed E-state index contributed by atoms with van der Waals surface area (Å²) in [6, 6.07) is 17.9. The predicted octanol–water partition coefficient (Wildman–Crippen LogP) is 7.86. The lowest BCUT2D eigenvalue weighted by Crippen LogP contribution is -2.11. The molecule has 0 radical (unpaired) electrons. The molecule has 0 saturated carbocycles. The molecule has 0 saturated heterocycles. The van der Waals surface area contributed by atoms with E-state index in [0.717, 1.165) is 17.7 Å². The fourth-order valence-electron chi connectivity index (χ4n) is 4.10. The molecule has 0 unspecified atom stereocenters. The maximum atomic E-state index is 13.1. The number of alkyl halides is 3. The van der Waals surface area contributed by atoms with Crippen molar-refractivity contribution >= 4 is 28.5 Å². The first-order chi connectivity index (χ1) is 17.1. The van der Waals surface area contributed by atoms with E-state index in [9.17, 15) is 18.0 Å². The Bertz CT molecular complexity index is 1390. The molecule has 4 aromatic rings. The summed E-state index contributed by atoms with van der Waals surface area (Å²) in [6.07, 6.45) is -4.12. The normalized spacial score (nSPS) is 11.8. The van der Waals surface area contributed by atoms with Gasteiger partial charge in [-0.3, -0.25) is 0 Å². The number of benzene rings is 3. The highest BCUT2D eigenvalue weighted by Crippen LogP contribution is 2.36. The van der Waals surface area contributed by atoms with Crippen molar-refractivity contribution in [2.75, 3.05) is 6.61 Å². The van der Waals surface area contributed by atoms with Crippen LogP contribution in [0, 0.1) is 0 Å². The first-order valence-corrected chi connectivity index (χ1v) is 11.9. The monoisotopic (exact) mass is 515 g/mol. The third kappa shape index (κ3) is 5.36. The van der Waals surface area contributed by atoms with Gasteiger partial charge >= 0.3 is 12.1 Å². The molecule has 0 aliphatic rings. The number of rotatable bonds is 7. The van der Waals surface area contributed by atoms with Crippen molar-refractivity contribution < 1.29 is 27.4 Å². The number of carbonyl (C=O) groups excluding carboxylic acids is 1. The second-order valence-electron chi connectivity index (χ2n) is 8.61. The van der Waals surface area contributed by atoms with Gasteiger partial charge in [-0.25, -0.2) is 4.79 Å². The van der Waals surface area contributed by atoms with E-state index in [4.69, 9.17) is 21.1 Å². The Balaban J connectivity index is 1.79. The van der Waals surface area contributed by atoms with Gasteiger partial charge in [0.2, 0.25) is 0 Å². The highest BCUT2D eigenvalue weighted by molar-refractivity contribution is 6.38. The summed E-state index contributed by atoms with van der Waals surface area (Å²) in [6.45, 7) is 5.76. The van der Waals surface area contributed by atoms with Crippen molar-refractivity contribution in [1.82, 2.24) is 4.57 Å². The second-order valence-corrected chi connectivity index (χ2v) is 8.98. The van der Waals surface area contributed by atoms with Crippen LogP contribution in [-0.4, -0.2) is 23.2 Å². The maximum absolute atomic E-state index is 13.1. The van der Waals surface area contributed by atoms with E-state index in [1.807, 2.05) is 50.2 Å². The highest BCUT2D eigenvalue weighted by Gasteiger charge is 2.30. The molecule has 188 valence electrons. The molecule has 4 rings (SSSR count). The number of halogens is 4. The van der Waals surface area contributed by atoms with Gasteiger partial charge in [0, 0.05) is 11.1 Å². The minimum absolute atomic E-state index is 0.0167. The molecule has 0 aliphatic heterocycles. The zero-order valence-corrected chi connectivity index (χ0v) is 20.8. The van der Waals surface area contributed by atoms with Crippen LogP contribution >= 0.6 is 11.6 Å². The molecule has 1 heterocycles. The molecule has 4 nitrogen and oxygen atoms in total. The maximum Gasteiger partial charge on any atom is 0.416 e. The molecule has 0 bridgehead atoms. The van der Waals surface area contributed by atoms with Crippen LogP contribution in [0.4, 0.5) is 13.2 Å². The smallest absolute Gasteiger partial charge is 0.416 e. The average molecular weight is 516 g/mol. The number of nitrogens with zero attached hydrogens (tertiary/aromatic N) is 1. The molecule has 36 heavy (non-hydrogen) atoms. The Morgan fingerprint density at radius 2 is 1.69 bits per heavy atom. The number of fused-ring (bicyclic) bond motifs is 1. The van der Waals surface area contributed by atoms with E-state index >= 15 is 0 Å². The van der Waals surface area contributed by atoms with Gasteiger partial charge in [0.05, 0.1) is 28.8 Å². The van der Waals surface area contributed by atoms with Crippen molar-refractivity contribution in [2.24, 2.45) is 0 Å². The molecular weight excluding hydrogens is 491 g/mol. The highest BCUT2D eigenvalue weighted by atomic mass is 35.5. The van der Waals surface area contributed by atoms with E-state index in [-0.39, 0.29) is 29.8 Å². The minimum Gasteiger partial charge on any atom is -0.491 e. The topological polar surface area (TPSA) is 40.5 Å². The van der Waals surface area contributed by atoms with Crippen molar-refractivity contribution in [3.8, 4) is 11.4 Å². The summed E-state index contributed by atoms with van der Waals surface area (Å²) in [5, 5.41) is 0.823. The summed E-state index contributed by atoms with van der Waals surface area (Å²) in [7, 11) is 0. The Kier molecular flexibility index (Phi) is 7.31. The number of esters is 1. The van der Waals surface area contributed by atoms with E-state index in [0.29, 0.717) is 27.9 Å². The van der Waals surface area contributed by atoms with E-state index in [1.165, 1.54) is 6.07 Å². The molecule has 0 N–H and O–H groups in total. The number of carbonyl (C=O) groups is 1. The van der Waals surface area contributed by atoms with Crippen molar-refractivity contribution in [1.29, 1.82) is 0 Å². The molecule has 0 aliphatic carbocycles. The number of hydrogen-bond donors (Lipinski definition) is 0. The Morgan fingerprint density at radius 1 is 1.00 bits per heavy atom. The van der Waals surface area contributed by atoms with Crippen LogP contribution in [0.15, 0.2) is 66.7 Å². The van der Waals surface area contributed by atoms with Gasteiger partial charge in [-0.15, -0.1) is 0 Å². The molecule has 8 heteroatoms. The van der Waals surface area contributed by atoms with Gasteiger partial charge in [0.1, 0.15) is 5.75 Å². The fourth-order valence-corrected chi connectivity index (χ4v) is 4.41. The van der Waals surface area contributed by atoms with Crippen LogP contribution in [0.2, 0.25) is 5.02 Å². The molecule has 1 aromatic heterocycles. The van der Waals surface area contributed by atoms with Crippen LogP contribution in [0.3, 0.4) is 0 Å². The van der Waals surface area contributed by atoms with Gasteiger partial charge in [0.15, 0.2) is 5.69 Å². The SMILES string of the molecule is CCOC(=O)c1c(Cl)c2cc(Cc3cccc(C(F)(F)F)c3)ccc2n1-c1ccc(OC(C)C)cc1. The quantitative estimate of drug-likeness (QED) is 0.235. The van der Waals surface area contributed by atoms with Gasteiger partial charge in [-0.05, 0) is 80.8 Å². The zero-order valence-electron chi connectivity index (χ0n) is 20.0. The van der Waals surface area contributed by atoms with Crippen LogP contribution in [-0.2, 0) is 17.3 Å². The lowest BCUT2D eigenvalue weighted by Gasteiger charge is -2.13. The fraction of sp³-hybridized carbons (Fsp3) is 0.250. The van der Waals surface area contributed by atoms with E-state index < -0.39 is 17.7 Å². The van der Waals surface area contributed by atoms with Gasteiger partial charge in [-0.1, -0.05) is 35.9 Å². The lowest BCUT2D eigenvalue weighted by molar-refractivity contribution is -0.137. The largest absolute Gasteiger partial charge is 0.491 e. The van der Waals surface area contributed by atoms with Crippen LogP contribution in [0.5, 0.6) is 5.75 Å². The van der Waals surface area contributed by atoms with Gasteiger partial charge in [-0.2, -0.15) is 13.2 Å². The summed E-state index contributed by atoms with van der Waals surface area (Å²) < 4.78 is 52.1. The summed E-state index contributed by atoms with van der Waals surface area (Å²) >= 11 is 6.71. The van der Waals surface area contributed by atoms with Crippen molar-refractivity contribution in [3.05, 3.63) is 94.1 Å². The standard InChI is InChI=1S/C28H25ClF3NO3/c1-4-35-27(34)26-25(29)23-16-19(14-18-6-5-7-20(15-18)28(30,31)32)8-13-24(23)33(26)21-9-11-22(12-10-21)36-17(2)3/h5-13,15-17H,4,14H2,1-3H3. The number of hydrogen-bond acceptors (Lipinski definition) is 3. The first-order valence-electron chi connectivity index (χ1n) is 11.5. The first kappa shape index (κ1) is 25.6. The molecule has 3 aromatic carbocycles. The third-order valence-corrected chi connectivity index (χ3v) is 5.95. The third-order valence-electron chi connectivity index (χ3n) is 5.57. The predicted molar refractivity (Wildman–Crippen MR) is 134 cm³/mol. The van der Waals surface area contributed by atoms with Crippen LogP contribution in [0.25, 0.3) is 16.6 Å². The Hall–Kier alpha value is -3.45. The Morgan fingerprint density at radius 3 is 2.33 bits per heavy atom. The van der Waals surface area contributed by atoms with E-state index in [2.05, 4.69) is 0 Å². The molecule has 0 amide bonds. The molecular formula is C28H25ClF3NO3. The van der Waals surface area contributed by atoms with Crippen molar-refractivity contribution in [2.45, 2.75) is 39.5 Å². The summed E-state index contributed by atoms with van der Waals surface area (Å²) in [5.74, 6) is 0.123. The Labute approximate surface area is 212 Å². The molecule has 0 atom stereocenters.